The maximum Gasteiger partial charge on any atom is 0.229 e. The van der Waals surface area contributed by atoms with Gasteiger partial charge in [0.1, 0.15) is 5.69 Å². The van der Waals surface area contributed by atoms with Gasteiger partial charge in [0.25, 0.3) is 0 Å². The summed E-state index contributed by atoms with van der Waals surface area (Å²) in [7, 11) is 0. The molecule has 0 spiro atoms. The molecule has 92 valence electrons. The number of aryl methyl sites for hydroxylation is 1. The van der Waals surface area contributed by atoms with Gasteiger partial charge in [0, 0.05) is 18.5 Å². The smallest absolute Gasteiger partial charge is 0.229 e. The lowest BCUT2D eigenvalue weighted by molar-refractivity contribution is 0.355. The third kappa shape index (κ3) is 2.54. The maximum atomic E-state index is 8.56. The Bertz CT molecular complexity index is 570. The SMILES string of the molecule is Cc1cccnc1-c1noc(C(C)CCC#N)n1. The van der Waals surface area contributed by atoms with Crippen molar-refractivity contribution in [3.05, 3.63) is 29.8 Å². The third-order valence-corrected chi connectivity index (χ3v) is 2.77. The topological polar surface area (TPSA) is 75.6 Å². The lowest BCUT2D eigenvalue weighted by atomic mass is 10.1. The van der Waals surface area contributed by atoms with Gasteiger partial charge in [-0.3, -0.25) is 4.98 Å². The summed E-state index contributed by atoms with van der Waals surface area (Å²) in [6.45, 7) is 3.93. The highest BCUT2D eigenvalue weighted by Gasteiger charge is 2.16. The fraction of sp³-hybridized carbons (Fsp3) is 0.385. The number of hydrogen-bond donors (Lipinski definition) is 0. The summed E-state index contributed by atoms with van der Waals surface area (Å²) >= 11 is 0. The molecule has 0 aliphatic rings. The van der Waals surface area contributed by atoms with E-state index in [4.69, 9.17) is 9.78 Å². The minimum atomic E-state index is 0.0925. The first kappa shape index (κ1) is 12.2. The van der Waals surface area contributed by atoms with E-state index in [9.17, 15) is 0 Å². The standard InChI is InChI=1S/C13H14N4O/c1-9-6-4-8-15-11(9)12-16-13(18-17-12)10(2)5-3-7-14/h4,6,8,10H,3,5H2,1-2H3. The Kier molecular flexibility index (Phi) is 3.68. The Balaban J connectivity index is 2.21. The molecule has 0 saturated heterocycles. The van der Waals surface area contributed by atoms with Crippen molar-refractivity contribution in [2.75, 3.05) is 0 Å². The van der Waals surface area contributed by atoms with Crippen LogP contribution in [0.15, 0.2) is 22.9 Å². The largest absolute Gasteiger partial charge is 0.339 e. The second-order valence-electron chi connectivity index (χ2n) is 4.22. The molecule has 0 aromatic carbocycles. The van der Waals surface area contributed by atoms with Gasteiger partial charge < -0.3 is 4.52 Å². The van der Waals surface area contributed by atoms with Crippen molar-refractivity contribution < 1.29 is 4.52 Å². The maximum absolute atomic E-state index is 8.56. The van der Waals surface area contributed by atoms with Crippen molar-refractivity contribution in [3.8, 4) is 17.6 Å². The Labute approximate surface area is 105 Å². The minimum Gasteiger partial charge on any atom is -0.339 e. The molecule has 0 radical (unpaired) electrons. The molecule has 0 fully saturated rings. The Morgan fingerprint density at radius 1 is 1.50 bits per heavy atom. The van der Waals surface area contributed by atoms with Crippen molar-refractivity contribution in [3.63, 3.8) is 0 Å². The fourth-order valence-corrected chi connectivity index (χ4v) is 1.66. The quantitative estimate of drug-likeness (QED) is 0.823. The van der Waals surface area contributed by atoms with E-state index < -0.39 is 0 Å². The molecule has 0 amide bonds. The monoisotopic (exact) mass is 242 g/mol. The number of aromatic nitrogens is 3. The van der Waals surface area contributed by atoms with E-state index in [0.29, 0.717) is 18.1 Å². The molecule has 0 bridgehead atoms. The zero-order valence-electron chi connectivity index (χ0n) is 10.4. The molecule has 2 aromatic rings. The molecule has 2 aromatic heterocycles. The van der Waals surface area contributed by atoms with Gasteiger partial charge in [0.05, 0.1) is 6.07 Å². The lowest BCUT2D eigenvalue weighted by Crippen LogP contribution is -1.94. The van der Waals surface area contributed by atoms with Crippen molar-refractivity contribution in [1.29, 1.82) is 5.26 Å². The summed E-state index contributed by atoms with van der Waals surface area (Å²) in [4.78, 5) is 8.59. The van der Waals surface area contributed by atoms with E-state index >= 15 is 0 Å². The van der Waals surface area contributed by atoms with Gasteiger partial charge in [-0.25, -0.2) is 0 Å². The van der Waals surface area contributed by atoms with Gasteiger partial charge in [0.15, 0.2) is 0 Å². The highest BCUT2D eigenvalue weighted by atomic mass is 16.5. The highest BCUT2D eigenvalue weighted by molar-refractivity contribution is 5.53. The molecule has 0 aliphatic carbocycles. The van der Waals surface area contributed by atoms with Gasteiger partial charge in [-0.1, -0.05) is 18.1 Å². The van der Waals surface area contributed by atoms with Crippen LogP contribution < -0.4 is 0 Å². The van der Waals surface area contributed by atoms with Crippen molar-refractivity contribution in [2.45, 2.75) is 32.6 Å². The van der Waals surface area contributed by atoms with E-state index in [1.54, 1.807) is 6.20 Å². The molecule has 0 aliphatic heterocycles. The van der Waals surface area contributed by atoms with E-state index in [0.717, 1.165) is 17.7 Å². The molecule has 1 atom stereocenters. The van der Waals surface area contributed by atoms with Crippen LogP contribution in [-0.4, -0.2) is 15.1 Å². The molecule has 2 heterocycles. The summed E-state index contributed by atoms with van der Waals surface area (Å²) in [5.41, 5.74) is 1.74. The van der Waals surface area contributed by atoms with Gasteiger partial charge in [0.2, 0.25) is 11.7 Å². The number of rotatable bonds is 4. The Morgan fingerprint density at radius 3 is 3.06 bits per heavy atom. The normalized spacial score (nSPS) is 12.1. The predicted molar refractivity (Wildman–Crippen MR) is 65.5 cm³/mol. The van der Waals surface area contributed by atoms with Gasteiger partial charge >= 0.3 is 0 Å². The summed E-state index contributed by atoms with van der Waals surface area (Å²) in [6.07, 6.45) is 2.91. The van der Waals surface area contributed by atoms with Crippen LogP contribution in [0.25, 0.3) is 11.5 Å². The second-order valence-corrected chi connectivity index (χ2v) is 4.22. The molecule has 1 unspecified atom stereocenters. The average Bonchev–Trinajstić information content (AvgIpc) is 2.86. The van der Waals surface area contributed by atoms with Crippen LogP contribution in [0.5, 0.6) is 0 Å². The van der Waals surface area contributed by atoms with Crippen LogP contribution in [0.4, 0.5) is 0 Å². The number of pyridine rings is 1. The molecule has 5 nitrogen and oxygen atoms in total. The lowest BCUT2D eigenvalue weighted by Gasteiger charge is -2.01. The van der Waals surface area contributed by atoms with Crippen LogP contribution in [-0.2, 0) is 0 Å². The molecule has 2 rings (SSSR count). The van der Waals surface area contributed by atoms with Gasteiger partial charge in [-0.15, -0.1) is 0 Å². The summed E-state index contributed by atoms with van der Waals surface area (Å²) in [6, 6.07) is 5.94. The second kappa shape index (κ2) is 5.41. The number of hydrogen-bond acceptors (Lipinski definition) is 5. The molecule has 0 N–H and O–H groups in total. The summed E-state index contributed by atoms with van der Waals surface area (Å²) in [5.74, 6) is 1.16. The van der Waals surface area contributed by atoms with Crippen LogP contribution in [0, 0.1) is 18.3 Å². The van der Waals surface area contributed by atoms with Crippen LogP contribution >= 0.6 is 0 Å². The Morgan fingerprint density at radius 2 is 2.33 bits per heavy atom. The van der Waals surface area contributed by atoms with Gasteiger partial charge in [-0.05, 0) is 25.0 Å². The molecule has 18 heavy (non-hydrogen) atoms. The zero-order valence-corrected chi connectivity index (χ0v) is 10.4. The number of nitriles is 1. The molecule has 0 saturated carbocycles. The zero-order chi connectivity index (χ0) is 13.0. The third-order valence-electron chi connectivity index (χ3n) is 2.77. The van der Waals surface area contributed by atoms with E-state index in [1.807, 2.05) is 26.0 Å². The Hall–Kier alpha value is -2.22. The molecular formula is C13H14N4O. The van der Waals surface area contributed by atoms with Gasteiger partial charge in [-0.2, -0.15) is 10.2 Å². The predicted octanol–water partition coefficient (Wildman–Crippen LogP) is 2.85. The molecule has 5 heteroatoms. The highest BCUT2D eigenvalue weighted by Crippen LogP contribution is 2.22. The average molecular weight is 242 g/mol. The van der Waals surface area contributed by atoms with E-state index in [1.165, 1.54) is 0 Å². The fourth-order valence-electron chi connectivity index (χ4n) is 1.66. The van der Waals surface area contributed by atoms with Crippen molar-refractivity contribution in [1.82, 2.24) is 15.1 Å². The van der Waals surface area contributed by atoms with E-state index in [-0.39, 0.29) is 5.92 Å². The first-order valence-electron chi connectivity index (χ1n) is 5.85. The van der Waals surface area contributed by atoms with Crippen LogP contribution in [0.1, 0.15) is 37.1 Å². The van der Waals surface area contributed by atoms with Crippen LogP contribution in [0.2, 0.25) is 0 Å². The minimum absolute atomic E-state index is 0.0925. The van der Waals surface area contributed by atoms with E-state index in [2.05, 4.69) is 21.2 Å². The first-order chi connectivity index (χ1) is 8.72. The van der Waals surface area contributed by atoms with Crippen LogP contribution in [0.3, 0.4) is 0 Å². The molecular weight excluding hydrogens is 228 g/mol. The summed E-state index contributed by atoms with van der Waals surface area (Å²) in [5, 5.41) is 12.5. The summed E-state index contributed by atoms with van der Waals surface area (Å²) < 4.78 is 5.22. The van der Waals surface area contributed by atoms with Crippen molar-refractivity contribution in [2.24, 2.45) is 0 Å². The first-order valence-corrected chi connectivity index (χ1v) is 5.85. The number of nitrogens with zero attached hydrogens (tertiary/aromatic N) is 4. The van der Waals surface area contributed by atoms with Crippen molar-refractivity contribution >= 4 is 0 Å².